The third kappa shape index (κ3) is 1.44. The van der Waals surface area contributed by atoms with Crippen LogP contribution in [0.5, 0.6) is 0 Å². The van der Waals surface area contributed by atoms with Gasteiger partial charge in [0.2, 0.25) is 0 Å². The van der Waals surface area contributed by atoms with Gasteiger partial charge in [-0.3, -0.25) is 0 Å². The molecular formula is C8H9N5S. The molecule has 0 saturated heterocycles. The lowest BCUT2D eigenvalue weighted by Crippen LogP contribution is -1.94. The van der Waals surface area contributed by atoms with E-state index in [0.717, 1.165) is 17.0 Å². The molecule has 6 heteroatoms. The van der Waals surface area contributed by atoms with Crippen LogP contribution in [0.4, 0.5) is 0 Å². The van der Waals surface area contributed by atoms with E-state index >= 15 is 0 Å². The van der Waals surface area contributed by atoms with E-state index in [4.69, 9.17) is 12.2 Å². The maximum atomic E-state index is 5.06. The highest BCUT2D eigenvalue weighted by Gasteiger charge is 2.06. The SMILES string of the molecule is Cc1c(-c2cnn(C)n2)[nH]cnc1=S. The zero-order valence-electron chi connectivity index (χ0n) is 7.85. The smallest absolute Gasteiger partial charge is 0.132 e. The number of nitrogens with zero attached hydrogens (tertiary/aromatic N) is 4. The van der Waals surface area contributed by atoms with Crippen molar-refractivity contribution >= 4 is 12.2 Å². The second kappa shape index (κ2) is 3.30. The van der Waals surface area contributed by atoms with Crippen LogP contribution in [0.25, 0.3) is 11.4 Å². The Labute approximate surface area is 85.8 Å². The van der Waals surface area contributed by atoms with Crippen molar-refractivity contribution in [2.75, 3.05) is 0 Å². The molecule has 5 nitrogen and oxygen atoms in total. The Morgan fingerprint density at radius 2 is 2.29 bits per heavy atom. The van der Waals surface area contributed by atoms with E-state index in [1.165, 1.54) is 4.80 Å². The first-order chi connectivity index (χ1) is 6.68. The first-order valence-electron chi connectivity index (χ1n) is 4.09. The second-order valence-corrected chi connectivity index (χ2v) is 3.31. The van der Waals surface area contributed by atoms with Gasteiger partial charge in [0, 0.05) is 12.6 Å². The van der Waals surface area contributed by atoms with Gasteiger partial charge in [0.25, 0.3) is 0 Å². The summed E-state index contributed by atoms with van der Waals surface area (Å²) in [6.07, 6.45) is 3.26. The average molecular weight is 207 g/mol. The molecule has 0 unspecified atom stereocenters. The van der Waals surface area contributed by atoms with E-state index in [1.807, 2.05) is 6.92 Å². The quantitative estimate of drug-likeness (QED) is 0.715. The maximum absolute atomic E-state index is 5.06. The summed E-state index contributed by atoms with van der Waals surface area (Å²) in [6.45, 7) is 1.91. The highest BCUT2D eigenvalue weighted by atomic mass is 32.1. The van der Waals surface area contributed by atoms with Gasteiger partial charge < -0.3 is 4.98 Å². The molecular weight excluding hydrogens is 198 g/mol. The predicted molar refractivity (Wildman–Crippen MR) is 54.2 cm³/mol. The number of hydrogen-bond acceptors (Lipinski definition) is 4. The van der Waals surface area contributed by atoms with E-state index in [9.17, 15) is 0 Å². The highest BCUT2D eigenvalue weighted by molar-refractivity contribution is 7.71. The normalized spacial score (nSPS) is 10.4. The molecule has 2 aromatic rings. The van der Waals surface area contributed by atoms with Crippen LogP contribution in [0.2, 0.25) is 0 Å². The van der Waals surface area contributed by atoms with E-state index in [-0.39, 0.29) is 0 Å². The Balaban J connectivity index is 2.63. The molecule has 0 bridgehead atoms. The number of hydrogen-bond donors (Lipinski definition) is 1. The second-order valence-electron chi connectivity index (χ2n) is 2.93. The monoisotopic (exact) mass is 207 g/mol. The summed E-state index contributed by atoms with van der Waals surface area (Å²) in [5, 5.41) is 8.18. The predicted octanol–water partition coefficient (Wildman–Crippen LogP) is 1.24. The molecule has 0 spiro atoms. The van der Waals surface area contributed by atoms with Crippen molar-refractivity contribution in [3.05, 3.63) is 22.7 Å². The topological polar surface area (TPSA) is 59.4 Å². The van der Waals surface area contributed by atoms with Crippen molar-refractivity contribution in [1.29, 1.82) is 0 Å². The Bertz CT molecular complexity index is 512. The minimum absolute atomic E-state index is 0.587. The van der Waals surface area contributed by atoms with Crippen LogP contribution in [0.3, 0.4) is 0 Å². The summed E-state index contributed by atoms with van der Waals surface area (Å²) in [4.78, 5) is 8.50. The van der Waals surface area contributed by atoms with Crippen LogP contribution in [-0.2, 0) is 7.05 Å². The Hall–Kier alpha value is -1.56. The van der Waals surface area contributed by atoms with Crippen molar-refractivity contribution in [2.45, 2.75) is 6.92 Å². The fourth-order valence-corrected chi connectivity index (χ4v) is 1.35. The van der Waals surface area contributed by atoms with Gasteiger partial charge in [0.15, 0.2) is 0 Å². The third-order valence-electron chi connectivity index (χ3n) is 1.94. The number of aryl methyl sites for hydroxylation is 1. The summed E-state index contributed by atoms with van der Waals surface area (Å²) in [7, 11) is 1.77. The Morgan fingerprint density at radius 3 is 2.93 bits per heavy atom. The average Bonchev–Trinajstić information content (AvgIpc) is 2.57. The third-order valence-corrected chi connectivity index (χ3v) is 2.35. The first kappa shape index (κ1) is 9.01. The number of aromatic amines is 1. The summed E-state index contributed by atoms with van der Waals surface area (Å²) in [6, 6.07) is 0. The number of rotatable bonds is 1. The largest absolute Gasteiger partial charge is 0.344 e. The van der Waals surface area contributed by atoms with Gasteiger partial charge in [-0.25, -0.2) is 4.98 Å². The van der Waals surface area contributed by atoms with E-state index in [0.29, 0.717) is 4.64 Å². The van der Waals surface area contributed by atoms with Crippen molar-refractivity contribution in [3.63, 3.8) is 0 Å². The van der Waals surface area contributed by atoms with Crippen LogP contribution in [0, 0.1) is 11.6 Å². The highest BCUT2D eigenvalue weighted by Crippen LogP contribution is 2.16. The van der Waals surface area contributed by atoms with E-state index < -0.39 is 0 Å². The van der Waals surface area contributed by atoms with Crippen molar-refractivity contribution in [2.24, 2.45) is 7.05 Å². The molecule has 2 heterocycles. The van der Waals surface area contributed by atoms with Gasteiger partial charge in [-0.05, 0) is 6.92 Å². The zero-order chi connectivity index (χ0) is 10.1. The molecule has 14 heavy (non-hydrogen) atoms. The first-order valence-corrected chi connectivity index (χ1v) is 4.50. The lowest BCUT2D eigenvalue weighted by Gasteiger charge is -2.00. The van der Waals surface area contributed by atoms with Gasteiger partial charge in [-0.1, -0.05) is 12.2 Å². The van der Waals surface area contributed by atoms with Crippen LogP contribution >= 0.6 is 12.2 Å². The van der Waals surface area contributed by atoms with Gasteiger partial charge >= 0.3 is 0 Å². The van der Waals surface area contributed by atoms with Gasteiger partial charge in [0.05, 0.1) is 18.2 Å². The number of aromatic nitrogens is 5. The van der Waals surface area contributed by atoms with Crippen LogP contribution in [0.1, 0.15) is 5.56 Å². The number of nitrogens with one attached hydrogen (secondary N) is 1. The molecule has 0 saturated carbocycles. The molecule has 2 rings (SSSR count). The summed E-state index contributed by atoms with van der Waals surface area (Å²) < 4.78 is 0.587. The van der Waals surface area contributed by atoms with Gasteiger partial charge in [0.1, 0.15) is 10.3 Å². The molecule has 0 radical (unpaired) electrons. The fraction of sp³-hybridized carbons (Fsp3) is 0.250. The summed E-state index contributed by atoms with van der Waals surface area (Å²) in [5.41, 5.74) is 2.57. The minimum Gasteiger partial charge on any atom is -0.344 e. The summed E-state index contributed by atoms with van der Waals surface area (Å²) >= 11 is 5.06. The number of H-pyrrole nitrogens is 1. The molecule has 0 aliphatic carbocycles. The van der Waals surface area contributed by atoms with E-state index in [2.05, 4.69) is 20.2 Å². The molecule has 2 aromatic heterocycles. The zero-order valence-corrected chi connectivity index (χ0v) is 8.67. The lowest BCUT2D eigenvalue weighted by atomic mass is 10.2. The van der Waals surface area contributed by atoms with Gasteiger partial charge in [-0.15, -0.1) is 0 Å². The molecule has 1 N–H and O–H groups in total. The van der Waals surface area contributed by atoms with Gasteiger partial charge in [-0.2, -0.15) is 15.0 Å². The standard InChI is InChI=1S/C8H9N5S/c1-5-7(9-4-10-8(5)14)6-3-11-13(2)12-6/h3-4H,1-2H3,(H,9,10,14). The van der Waals surface area contributed by atoms with Crippen molar-refractivity contribution in [1.82, 2.24) is 25.0 Å². The Morgan fingerprint density at radius 1 is 1.50 bits per heavy atom. The fourth-order valence-electron chi connectivity index (χ4n) is 1.19. The van der Waals surface area contributed by atoms with Crippen molar-refractivity contribution in [3.8, 4) is 11.4 Å². The van der Waals surface area contributed by atoms with E-state index in [1.54, 1.807) is 19.6 Å². The molecule has 0 atom stereocenters. The molecule has 0 amide bonds. The summed E-state index contributed by atoms with van der Waals surface area (Å²) in [5.74, 6) is 0. The van der Waals surface area contributed by atoms with Crippen LogP contribution in [-0.4, -0.2) is 25.0 Å². The minimum atomic E-state index is 0.587. The molecule has 0 aliphatic rings. The maximum Gasteiger partial charge on any atom is 0.132 e. The molecule has 72 valence electrons. The molecule has 0 aliphatic heterocycles. The molecule has 0 fully saturated rings. The van der Waals surface area contributed by atoms with Crippen LogP contribution < -0.4 is 0 Å². The van der Waals surface area contributed by atoms with Crippen molar-refractivity contribution < 1.29 is 0 Å². The van der Waals surface area contributed by atoms with Crippen LogP contribution in [0.15, 0.2) is 12.5 Å². The Kier molecular flexibility index (Phi) is 2.12. The molecule has 0 aromatic carbocycles. The lowest BCUT2D eigenvalue weighted by molar-refractivity contribution is 0.655.